The molecule has 1 atom stereocenters. The molecule has 1 saturated carbocycles. The number of hydrogen-bond acceptors (Lipinski definition) is 3. The van der Waals surface area contributed by atoms with Crippen LogP contribution in [-0.2, 0) is 5.60 Å². The Hall–Kier alpha value is -1.74. The largest absolute Gasteiger partial charge is 0.490 e. The lowest BCUT2D eigenvalue weighted by Gasteiger charge is -2.23. The minimum Gasteiger partial charge on any atom is -0.490 e. The van der Waals surface area contributed by atoms with Gasteiger partial charge in [0.05, 0.1) is 18.6 Å². The third-order valence-corrected chi connectivity index (χ3v) is 3.31. The van der Waals surface area contributed by atoms with E-state index in [1.807, 2.05) is 24.3 Å². The second-order valence-electron chi connectivity index (χ2n) is 4.93. The summed E-state index contributed by atoms with van der Waals surface area (Å²) in [6, 6.07) is 9.39. The van der Waals surface area contributed by atoms with Gasteiger partial charge in [-0.1, -0.05) is 12.1 Å². The molecule has 1 fully saturated rings. The monoisotopic (exact) mass is 244 g/mol. The molecule has 1 aliphatic rings. The van der Waals surface area contributed by atoms with Crippen LogP contribution in [0.2, 0.25) is 0 Å². The molecule has 0 amide bonds. The topological polar surface area (TPSA) is 42.6 Å². The molecule has 0 spiro atoms. The average Bonchev–Trinajstić information content (AvgIpc) is 2.99. The Morgan fingerprint density at radius 2 is 2.11 bits per heavy atom. The third kappa shape index (κ3) is 2.14. The Balaban J connectivity index is 1.90. The van der Waals surface area contributed by atoms with Crippen LogP contribution in [0.4, 0.5) is 0 Å². The number of aliphatic hydroxyl groups is 1. The van der Waals surface area contributed by atoms with Crippen LogP contribution >= 0.6 is 0 Å². The first-order valence-corrected chi connectivity index (χ1v) is 6.18. The highest BCUT2D eigenvalue weighted by molar-refractivity contribution is 5.38. The molecule has 0 radical (unpaired) electrons. The molecule has 3 heteroatoms. The summed E-state index contributed by atoms with van der Waals surface area (Å²) in [4.78, 5) is 0. The predicted octanol–water partition coefficient (Wildman–Crippen LogP) is 3.08. The normalized spacial score (nSPS) is 18.3. The van der Waals surface area contributed by atoms with Crippen molar-refractivity contribution in [2.75, 3.05) is 0 Å². The Labute approximate surface area is 106 Å². The summed E-state index contributed by atoms with van der Waals surface area (Å²) >= 11 is 0. The lowest BCUT2D eigenvalue weighted by atomic mass is 9.90. The fraction of sp³-hybridized carbons (Fsp3) is 0.333. The highest BCUT2D eigenvalue weighted by Crippen LogP contribution is 2.33. The van der Waals surface area contributed by atoms with E-state index < -0.39 is 5.60 Å². The summed E-state index contributed by atoms with van der Waals surface area (Å²) < 4.78 is 10.8. The highest BCUT2D eigenvalue weighted by Gasteiger charge is 2.28. The molecular formula is C15H16O3. The van der Waals surface area contributed by atoms with Crippen LogP contribution in [-0.4, -0.2) is 11.2 Å². The van der Waals surface area contributed by atoms with Crippen molar-refractivity contribution in [2.45, 2.75) is 31.5 Å². The van der Waals surface area contributed by atoms with Gasteiger partial charge in [-0.15, -0.1) is 0 Å². The second kappa shape index (κ2) is 4.18. The predicted molar refractivity (Wildman–Crippen MR) is 67.5 cm³/mol. The van der Waals surface area contributed by atoms with Crippen LogP contribution in [0.25, 0.3) is 0 Å². The quantitative estimate of drug-likeness (QED) is 0.898. The SMILES string of the molecule is CC(O)(c1ccoc1)c1cccc(OC2CC2)c1. The van der Waals surface area contributed by atoms with Crippen molar-refractivity contribution in [3.8, 4) is 5.75 Å². The van der Waals surface area contributed by atoms with Gasteiger partial charge in [-0.05, 0) is 43.5 Å². The third-order valence-electron chi connectivity index (χ3n) is 3.31. The summed E-state index contributed by atoms with van der Waals surface area (Å²) in [6.45, 7) is 1.76. The van der Waals surface area contributed by atoms with Gasteiger partial charge in [0, 0.05) is 5.56 Å². The summed E-state index contributed by atoms with van der Waals surface area (Å²) in [6.07, 6.45) is 5.74. The highest BCUT2D eigenvalue weighted by atomic mass is 16.5. The molecule has 1 unspecified atom stereocenters. The van der Waals surface area contributed by atoms with Gasteiger partial charge >= 0.3 is 0 Å². The molecule has 1 aliphatic carbocycles. The van der Waals surface area contributed by atoms with E-state index in [0.29, 0.717) is 6.10 Å². The maximum atomic E-state index is 10.6. The Morgan fingerprint density at radius 1 is 1.28 bits per heavy atom. The van der Waals surface area contributed by atoms with Crippen molar-refractivity contribution >= 4 is 0 Å². The zero-order valence-electron chi connectivity index (χ0n) is 10.3. The second-order valence-corrected chi connectivity index (χ2v) is 4.93. The van der Waals surface area contributed by atoms with Gasteiger partial charge in [0.15, 0.2) is 0 Å². The first-order chi connectivity index (χ1) is 8.66. The average molecular weight is 244 g/mol. The van der Waals surface area contributed by atoms with Crippen molar-refractivity contribution in [2.24, 2.45) is 0 Å². The molecule has 0 bridgehead atoms. The van der Waals surface area contributed by atoms with Crippen LogP contribution in [0.1, 0.15) is 30.9 Å². The molecule has 1 aromatic carbocycles. The van der Waals surface area contributed by atoms with Gasteiger partial charge < -0.3 is 14.3 Å². The summed E-state index contributed by atoms with van der Waals surface area (Å²) in [5, 5.41) is 10.6. The minimum atomic E-state index is -1.06. The van der Waals surface area contributed by atoms with Gasteiger partial charge in [0.1, 0.15) is 11.4 Å². The first kappa shape index (κ1) is 11.4. The maximum absolute atomic E-state index is 10.6. The molecule has 1 aromatic heterocycles. The van der Waals surface area contributed by atoms with E-state index in [4.69, 9.17) is 9.15 Å². The van der Waals surface area contributed by atoms with Gasteiger partial charge in [-0.2, -0.15) is 0 Å². The number of benzene rings is 1. The lowest BCUT2D eigenvalue weighted by Crippen LogP contribution is -2.22. The van der Waals surface area contributed by atoms with Gasteiger partial charge in [0.25, 0.3) is 0 Å². The number of hydrogen-bond donors (Lipinski definition) is 1. The van der Waals surface area contributed by atoms with Crippen LogP contribution in [0.5, 0.6) is 5.75 Å². The van der Waals surface area contributed by atoms with E-state index in [0.717, 1.165) is 29.7 Å². The zero-order chi connectivity index (χ0) is 12.6. The molecule has 1 heterocycles. The van der Waals surface area contributed by atoms with Crippen molar-refractivity contribution in [3.63, 3.8) is 0 Å². The van der Waals surface area contributed by atoms with Crippen molar-refractivity contribution in [3.05, 3.63) is 54.0 Å². The maximum Gasteiger partial charge on any atom is 0.120 e. The molecule has 18 heavy (non-hydrogen) atoms. The van der Waals surface area contributed by atoms with Crippen molar-refractivity contribution in [1.29, 1.82) is 0 Å². The van der Waals surface area contributed by atoms with E-state index in [2.05, 4.69) is 0 Å². The van der Waals surface area contributed by atoms with Crippen molar-refractivity contribution < 1.29 is 14.3 Å². The smallest absolute Gasteiger partial charge is 0.120 e. The first-order valence-electron chi connectivity index (χ1n) is 6.18. The number of rotatable bonds is 4. The molecule has 2 aromatic rings. The summed E-state index contributed by atoms with van der Waals surface area (Å²) in [5.74, 6) is 0.818. The lowest BCUT2D eigenvalue weighted by molar-refractivity contribution is 0.101. The fourth-order valence-corrected chi connectivity index (χ4v) is 1.96. The van der Waals surface area contributed by atoms with Crippen LogP contribution in [0, 0.1) is 0 Å². The van der Waals surface area contributed by atoms with Gasteiger partial charge in [-0.25, -0.2) is 0 Å². The van der Waals surface area contributed by atoms with Crippen LogP contribution in [0.3, 0.4) is 0 Å². The number of furan rings is 1. The number of ether oxygens (including phenoxy) is 1. The summed E-state index contributed by atoms with van der Waals surface area (Å²) in [5.41, 5.74) is 0.490. The Kier molecular flexibility index (Phi) is 2.63. The molecule has 3 nitrogen and oxygen atoms in total. The molecule has 94 valence electrons. The van der Waals surface area contributed by atoms with Crippen LogP contribution < -0.4 is 4.74 Å². The molecular weight excluding hydrogens is 228 g/mol. The van der Waals surface area contributed by atoms with E-state index in [9.17, 15) is 5.11 Å². The molecule has 1 N–H and O–H groups in total. The Morgan fingerprint density at radius 3 is 2.78 bits per heavy atom. The fourth-order valence-electron chi connectivity index (χ4n) is 1.96. The van der Waals surface area contributed by atoms with Gasteiger partial charge in [0.2, 0.25) is 0 Å². The zero-order valence-corrected chi connectivity index (χ0v) is 10.3. The van der Waals surface area contributed by atoms with E-state index in [-0.39, 0.29) is 0 Å². The Bertz CT molecular complexity index is 524. The van der Waals surface area contributed by atoms with E-state index in [1.54, 1.807) is 25.5 Å². The standard InChI is InChI=1S/C15H16O3/c1-15(16,12-7-8-17-10-12)11-3-2-4-14(9-11)18-13-5-6-13/h2-4,7-10,13,16H,5-6H2,1H3. The minimum absolute atomic E-state index is 0.360. The van der Waals surface area contributed by atoms with Crippen LogP contribution in [0.15, 0.2) is 47.3 Å². The molecule has 0 saturated heterocycles. The van der Waals surface area contributed by atoms with E-state index in [1.165, 1.54) is 0 Å². The van der Waals surface area contributed by atoms with Crippen molar-refractivity contribution in [1.82, 2.24) is 0 Å². The molecule has 3 rings (SSSR count). The van der Waals surface area contributed by atoms with E-state index >= 15 is 0 Å². The summed E-state index contributed by atoms with van der Waals surface area (Å²) in [7, 11) is 0. The van der Waals surface area contributed by atoms with Gasteiger partial charge in [-0.3, -0.25) is 0 Å². The molecule has 0 aliphatic heterocycles.